The molecule has 9 heteroatoms. The summed E-state index contributed by atoms with van der Waals surface area (Å²) in [5, 5.41) is 15.3. The van der Waals surface area contributed by atoms with Crippen LogP contribution >= 0.6 is 0 Å². The normalized spacial score (nSPS) is 16.2. The number of aromatic nitrogens is 2. The second kappa shape index (κ2) is 7.20. The van der Waals surface area contributed by atoms with E-state index < -0.39 is 28.9 Å². The molecule has 1 saturated heterocycles. The number of rotatable bonds is 5. The van der Waals surface area contributed by atoms with Crippen LogP contribution in [0.15, 0.2) is 30.5 Å². The van der Waals surface area contributed by atoms with E-state index in [0.29, 0.717) is 0 Å². The highest BCUT2D eigenvalue weighted by Gasteiger charge is 2.43. The SMILES string of the molecule is O=C(O)Cn1ccc(NC(=O)C2(c3ccc(F)cc3F)CCOCC2)n1. The number of nitrogens with one attached hydrogen (secondary N) is 1. The van der Waals surface area contributed by atoms with Gasteiger partial charge in [0.25, 0.3) is 0 Å². The van der Waals surface area contributed by atoms with Crippen LogP contribution in [0.3, 0.4) is 0 Å². The van der Waals surface area contributed by atoms with E-state index in [1.807, 2.05) is 0 Å². The molecule has 138 valence electrons. The van der Waals surface area contributed by atoms with E-state index in [1.54, 1.807) is 0 Å². The minimum absolute atomic E-state index is 0.102. The van der Waals surface area contributed by atoms with Gasteiger partial charge in [0.05, 0.1) is 5.41 Å². The molecule has 0 unspecified atom stereocenters. The van der Waals surface area contributed by atoms with Crippen LogP contribution in [0.2, 0.25) is 0 Å². The number of aliphatic carboxylic acids is 1. The summed E-state index contributed by atoms with van der Waals surface area (Å²) in [5.74, 6) is -2.92. The maximum absolute atomic E-state index is 14.4. The van der Waals surface area contributed by atoms with Crippen LogP contribution in [-0.4, -0.2) is 40.0 Å². The van der Waals surface area contributed by atoms with Crippen molar-refractivity contribution in [2.75, 3.05) is 18.5 Å². The Kier molecular flexibility index (Phi) is 4.99. The predicted octanol–water partition coefficient (Wildman–Crippen LogP) is 1.93. The average Bonchev–Trinajstić information content (AvgIpc) is 3.01. The highest BCUT2D eigenvalue weighted by molar-refractivity contribution is 5.98. The van der Waals surface area contributed by atoms with E-state index in [4.69, 9.17) is 9.84 Å². The zero-order valence-corrected chi connectivity index (χ0v) is 13.7. The molecule has 1 aromatic heterocycles. The molecule has 1 fully saturated rings. The van der Waals surface area contributed by atoms with Crippen LogP contribution < -0.4 is 5.32 Å². The third kappa shape index (κ3) is 3.57. The summed E-state index contributed by atoms with van der Waals surface area (Å²) >= 11 is 0. The van der Waals surface area contributed by atoms with Gasteiger partial charge in [0.15, 0.2) is 5.82 Å². The molecule has 1 aromatic carbocycles. The topological polar surface area (TPSA) is 93.5 Å². The Hall–Kier alpha value is -2.81. The minimum atomic E-state index is -1.22. The van der Waals surface area contributed by atoms with Gasteiger partial charge in [-0.15, -0.1) is 0 Å². The zero-order chi connectivity index (χ0) is 18.7. The molecule has 1 aliphatic rings. The fourth-order valence-electron chi connectivity index (χ4n) is 3.11. The molecular formula is C17H17F2N3O4. The third-order valence-corrected chi connectivity index (χ3v) is 4.41. The molecule has 0 radical (unpaired) electrons. The molecule has 1 aliphatic heterocycles. The Morgan fingerprint density at radius 1 is 1.27 bits per heavy atom. The largest absolute Gasteiger partial charge is 0.480 e. The number of amides is 1. The van der Waals surface area contributed by atoms with E-state index in [9.17, 15) is 18.4 Å². The summed E-state index contributed by atoms with van der Waals surface area (Å²) < 4.78 is 34.1. The number of carbonyl (C=O) groups is 2. The van der Waals surface area contributed by atoms with Crippen LogP contribution in [0, 0.1) is 11.6 Å². The van der Waals surface area contributed by atoms with Crippen molar-refractivity contribution in [2.24, 2.45) is 0 Å². The van der Waals surface area contributed by atoms with Crippen molar-refractivity contribution in [2.45, 2.75) is 24.8 Å². The minimum Gasteiger partial charge on any atom is -0.480 e. The zero-order valence-electron chi connectivity index (χ0n) is 13.7. The molecule has 0 spiro atoms. The van der Waals surface area contributed by atoms with Crippen molar-refractivity contribution in [3.8, 4) is 0 Å². The second-order valence-electron chi connectivity index (χ2n) is 6.07. The third-order valence-electron chi connectivity index (χ3n) is 4.41. The lowest BCUT2D eigenvalue weighted by Gasteiger charge is -2.36. The monoisotopic (exact) mass is 365 g/mol. The molecule has 2 N–H and O–H groups in total. The molecule has 0 saturated carbocycles. The lowest BCUT2D eigenvalue weighted by Crippen LogP contribution is -2.45. The Bertz CT molecular complexity index is 831. The quantitative estimate of drug-likeness (QED) is 0.845. The van der Waals surface area contributed by atoms with Gasteiger partial charge in [-0.05, 0) is 18.9 Å². The van der Waals surface area contributed by atoms with Crippen molar-refractivity contribution in [3.05, 3.63) is 47.7 Å². The van der Waals surface area contributed by atoms with E-state index in [-0.39, 0.29) is 44.0 Å². The Morgan fingerprint density at radius 3 is 2.65 bits per heavy atom. The Balaban J connectivity index is 1.88. The van der Waals surface area contributed by atoms with Gasteiger partial charge in [0.1, 0.15) is 18.2 Å². The maximum Gasteiger partial charge on any atom is 0.325 e. The number of carboxylic acids is 1. The molecule has 7 nitrogen and oxygen atoms in total. The van der Waals surface area contributed by atoms with Crippen LogP contribution in [0.25, 0.3) is 0 Å². The highest BCUT2D eigenvalue weighted by atomic mass is 19.1. The van der Waals surface area contributed by atoms with Crippen LogP contribution in [0.5, 0.6) is 0 Å². The van der Waals surface area contributed by atoms with Crippen LogP contribution in [-0.2, 0) is 26.3 Å². The van der Waals surface area contributed by atoms with Gasteiger partial charge < -0.3 is 15.2 Å². The first-order chi connectivity index (χ1) is 12.4. The van der Waals surface area contributed by atoms with Crippen molar-refractivity contribution in [3.63, 3.8) is 0 Å². The molecule has 0 aliphatic carbocycles. The number of ether oxygens (including phenoxy) is 1. The molecule has 3 rings (SSSR count). The van der Waals surface area contributed by atoms with Gasteiger partial charge in [-0.3, -0.25) is 14.3 Å². The van der Waals surface area contributed by atoms with E-state index in [1.165, 1.54) is 18.3 Å². The Labute approximate surface area is 147 Å². The van der Waals surface area contributed by atoms with Gasteiger partial charge in [-0.2, -0.15) is 5.10 Å². The van der Waals surface area contributed by atoms with E-state index in [2.05, 4.69) is 10.4 Å². The van der Waals surface area contributed by atoms with Crippen molar-refractivity contribution < 1.29 is 28.2 Å². The van der Waals surface area contributed by atoms with Crippen molar-refractivity contribution >= 4 is 17.7 Å². The summed E-state index contributed by atoms with van der Waals surface area (Å²) in [6.07, 6.45) is 1.88. The van der Waals surface area contributed by atoms with Gasteiger partial charge in [-0.1, -0.05) is 6.07 Å². The molecule has 2 aromatic rings. The molecule has 1 amide bonds. The van der Waals surface area contributed by atoms with Gasteiger partial charge in [0, 0.05) is 37.1 Å². The fraction of sp³-hybridized carbons (Fsp3) is 0.353. The molecule has 0 atom stereocenters. The lowest BCUT2D eigenvalue weighted by atomic mass is 9.73. The van der Waals surface area contributed by atoms with Gasteiger partial charge in [-0.25, -0.2) is 8.78 Å². The highest BCUT2D eigenvalue weighted by Crippen LogP contribution is 2.37. The summed E-state index contributed by atoms with van der Waals surface area (Å²) in [6, 6.07) is 4.60. The predicted molar refractivity (Wildman–Crippen MR) is 86.6 cm³/mol. The van der Waals surface area contributed by atoms with Crippen LogP contribution in [0.4, 0.5) is 14.6 Å². The standard InChI is InChI=1S/C17H17F2N3O4/c18-11-1-2-12(13(19)9-11)17(4-7-26-8-5-17)16(25)20-14-3-6-22(21-14)10-15(23)24/h1-3,6,9H,4-5,7-8,10H2,(H,23,24)(H,20,21,25). The molecule has 2 heterocycles. The van der Waals surface area contributed by atoms with Crippen molar-refractivity contribution in [1.82, 2.24) is 9.78 Å². The summed E-state index contributed by atoms with van der Waals surface area (Å²) in [7, 11) is 0. The molecule has 0 bridgehead atoms. The molecular weight excluding hydrogens is 348 g/mol. The first-order valence-corrected chi connectivity index (χ1v) is 8.01. The number of halogens is 2. The Morgan fingerprint density at radius 2 is 2.00 bits per heavy atom. The first-order valence-electron chi connectivity index (χ1n) is 8.01. The summed E-state index contributed by atoms with van der Waals surface area (Å²) in [5.41, 5.74) is -1.11. The number of hydrogen-bond donors (Lipinski definition) is 2. The number of hydrogen-bond acceptors (Lipinski definition) is 4. The maximum atomic E-state index is 14.4. The first kappa shape index (κ1) is 18.0. The molecule has 26 heavy (non-hydrogen) atoms. The number of anilines is 1. The number of carboxylic acid groups (broad SMARTS) is 1. The van der Waals surface area contributed by atoms with Gasteiger partial charge >= 0.3 is 5.97 Å². The van der Waals surface area contributed by atoms with Crippen LogP contribution in [0.1, 0.15) is 18.4 Å². The second-order valence-corrected chi connectivity index (χ2v) is 6.07. The van der Waals surface area contributed by atoms with E-state index >= 15 is 0 Å². The van der Waals surface area contributed by atoms with Gasteiger partial charge in [0.2, 0.25) is 5.91 Å². The smallest absolute Gasteiger partial charge is 0.325 e. The summed E-state index contributed by atoms with van der Waals surface area (Å²) in [4.78, 5) is 23.7. The van der Waals surface area contributed by atoms with Crippen molar-refractivity contribution in [1.29, 1.82) is 0 Å². The lowest BCUT2D eigenvalue weighted by molar-refractivity contribution is -0.137. The average molecular weight is 365 g/mol. The number of carbonyl (C=O) groups excluding carboxylic acids is 1. The number of nitrogens with zero attached hydrogens (tertiary/aromatic N) is 2. The summed E-state index contributed by atoms with van der Waals surface area (Å²) in [6.45, 7) is 0.177. The fourth-order valence-corrected chi connectivity index (χ4v) is 3.11. The van der Waals surface area contributed by atoms with E-state index in [0.717, 1.165) is 16.8 Å². The number of benzene rings is 1.